The summed E-state index contributed by atoms with van der Waals surface area (Å²) in [5.41, 5.74) is 0.935. The van der Waals surface area contributed by atoms with Gasteiger partial charge in [0.15, 0.2) is 9.84 Å². The van der Waals surface area contributed by atoms with Crippen LogP contribution in [0, 0.1) is 0 Å². The maximum Gasteiger partial charge on any atom is 0.182 e. The van der Waals surface area contributed by atoms with Gasteiger partial charge in [-0.25, -0.2) is 8.42 Å². The number of rotatable bonds is 3. The summed E-state index contributed by atoms with van der Waals surface area (Å²) in [5, 5.41) is -0.149. The van der Waals surface area contributed by atoms with E-state index in [-0.39, 0.29) is 5.25 Å². The van der Waals surface area contributed by atoms with E-state index in [1.165, 1.54) is 6.20 Å². The molecule has 1 heterocycles. The van der Waals surface area contributed by atoms with Crippen molar-refractivity contribution in [1.29, 1.82) is 0 Å². The van der Waals surface area contributed by atoms with E-state index in [1.54, 1.807) is 12.1 Å². The fraction of sp³-hybridized carbons (Fsp3) is 0.545. The van der Waals surface area contributed by atoms with Gasteiger partial charge < -0.3 is 0 Å². The zero-order valence-corrected chi connectivity index (χ0v) is 9.79. The highest BCUT2D eigenvalue weighted by atomic mass is 32.2. The van der Waals surface area contributed by atoms with Gasteiger partial charge in [0, 0.05) is 11.9 Å². The Bertz CT molecular complexity index is 444. The Morgan fingerprint density at radius 1 is 1.33 bits per heavy atom. The quantitative estimate of drug-likeness (QED) is 0.791. The van der Waals surface area contributed by atoms with Crippen molar-refractivity contribution in [2.45, 2.75) is 42.8 Å². The number of hydrogen-bond acceptors (Lipinski definition) is 3. The van der Waals surface area contributed by atoms with Crippen LogP contribution in [0.1, 0.15) is 38.3 Å². The largest absolute Gasteiger partial charge is 0.260 e. The summed E-state index contributed by atoms with van der Waals surface area (Å²) in [4.78, 5) is 4.55. The first-order chi connectivity index (χ1) is 7.01. The molecule has 4 heteroatoms. The summed E-state index contributed by atoms with van der Waals surface area (Å²) in [5.74, 6) is 0.336. The van der Waals surface area contributed by atoms with E-state index in [1.807, 2.05) is 13.8 Å². The van der Waals surface area contributed by atoms with E-state index >= 15 is 0 Å². The minimum absolute atomic E-state index is 0.149. The van der Waals surface area contributed by atoms with E-state index < -0.39 is 9.84 Å². The second kappa shape index (κ2) is 3.59. The molecule has 3 nitrogen and oxygen atoms in total. The van der Waals surface area contributed by atoms with Crippen LogP contribution in [0.3, 0.4) is 0 Å². The number of sulfone groups is 1. The second-order valence-electron chi connectivity index (χ2n) is 4.32. The highest BCUT2D eigenvalue weighted by Gasteiger charge is 2.36. The number of nitrogens with zero attached hydrogens (tertiary/aromatic N) is 1. The molecule has 0 saturated heterocycles. The molecule has 1 aromatic rings. The Hall–Kier alpha value is -0.900. The average molecular weight is 225 g/mol. The third-order valence-corrected chi connectivity index (χ3v) is 4.89. The fourth-order valence-electron chi connectivity index (χ4n) is 1.47. The third-order valence-electron chi connectivity index (χ3n) is 2.64. The molecule has 15 heavy (non-hydrogen) atoms. The predicted molar refractivity (Wildman–Crippen MR) is 58.5 cm³/mol. The topological polar surface area (TPSA) is 47.0 Å². The highest BCUT2D eigenvalue weighted by Crippen LogP contribution is 2.33. The maximum atomic E-state index is 11.8. The SMILES string of the molecule is CC(C)c1ccc(S(=O)(=O)C2CC2)cn1. The van der Waals surface area contributed by atoms with Crippen LogP contribution < -0.4 is 0 Å². The lowest BCUT2D eigenvalue weighted by Crippen LogP contribution is -2.08. The van der Waals surface area contributed by atoms with E-state index in [0.29, 0.717) is 10.8 Å². The third kappa shape index (κ3) is 2.04. The molecule has 1 aromatic heterocycles. The van der Waals surface area contributed by atoms with Crippen LogP contribution in [0.2, 0.25) is 0 Å². The molecule has 1 fully saturated rings. The molecule has 0 amide bonds. The number of pyridine rings is 1. The van der Waals surface area contributed by atoms with Gasteiger partial charge in [0.2, 0.25) is 0 Å². The second-order valence-corrected chi connectivity index (χ2v) is 6.55. The summed E-state index contributed by atoms with van der Waals surface area (Å²) in [7, 11) is -3.07. The van der Waals surface area contributed by atoms with Crippen LogP contribution in [0.5, 0.6) is 0 Å². The van der Waals surface area contributed by atoms with Crippen LogP contribution in [-0.2, 0) is 9.84 Å². The van der Waals surface area contributed by atoms with Crippen LogP contribution in [0.4, 0.5) is 0 Å². The molecule has 0 N–H and O–H groups in total. The van der Waals surface area contributed by atoms with Crippen molar-refractivity contribution in [1.82, 2.24) is 4.98 Å². The molecule has 0 radical (unpaired) electrons. The van der Waals surface area contributed by atoms with Crippen LogP contribution in [-0.4, -0.2) is 18.7 Å². The molecule has 0 spiro atoms. The zero-order valence-electron chi connectivity index (χ0n) is 8.97. The van der Waals surface area contributed by atoms with Crippen molar-refractivity contribution in [3.8, 4) is 0 Å². The zero-order chi connectivity index (χ0) is 11.1. The van der Waals surface area contributed by atoms with E-state index in [0.717, 1.165) is 18.5 Å². The van der Waals surface area contributed by atoms with Crippen molar-refractivity contribution in [2.24, 2.45) is 0 Å². The predicted octanol–water partition coefficient (Wildman–Crippen LogP) is 2.14. The monoisotopic (exact) mass is 225 g/mol. The first-order valence-corrected chi connectivity index (χ1v) is 6.76. The van der Waals surface area contributed by atoms with Gasteiger partial charge in [0.25, 0.3) is 0 Å². The average Bonchev–Trinajstić information content (AvgIpc) is 3.01. The molecule has 1 aliphatic carbocycles. The molecule has 1 aliphatic rings. The first-order valence-electron chi connectivity index (χ1n) is 5.21. The lowest BCUT2D eigenvalue weighted by atomic mass is 10.1. The fourth-order valence-corrected chi connectivity index (χ4v) is 3.07. The Labute approximate surface area is 90.5 Å². The van der Waals surface area contributed by atoms with Gasteiger partial charge in [-0.1, -0.05) is 13.8 Å². The smallest absolute Gasteiger partial charge is 0.182 e. The summed E-state index contributed by atoms with van der Waals surface area (Å²) in [6.45, 7) is 4.08. The van der Waals surface area contributed by atoms with Crippen molar-refractivity contribution < 1.29 is 8.42 Å². The molecular weight excluding hydrogens is 210 g/mol. The highest BCUT2D eigenvalue weighted by molar-refractivity contribution is 7.92. The van der Waals surface area contributed by atoms with Gasteiger partial charge in [-0.05, 0) is 30.9 Å². The molecule has 0 aliphatic heterocycles. The summed E-state index contributed by atoms with van der Waals surface area (Å²) in [6.07, 6.45) is 3.09. The van der Waals surface area contributed by atoms with Crippen molar-refractivity contribution >= 4 is 9.84 Å². The van der Waals surface area contributed by atoms with Gasteiger partial charge in [-0.3, -0.25) is 4.98 Å². The number of hydrogen-bond donors (Lipinski definition) is 0. The van der Waals surface area contributed by atoms with Gasteiger partial charge in [0.1, 0.15) is 0 Å². The van der Waals surface area contributed by atoms with Crippen LogP contribution in [0.15, 0.2) is 23.2 Å². The van der Waals surface area contributed by atoms with Gasteiger partial charge >= 0.3 is 0 Å². The normalized spacial score (nSPS) is 17.0. The van der Waals surface area contributed by atoms with E-state index in [2.05, 4.69) is 4.98 Å². The van der Waals surface area contributed by atoms with Gasteiger partial charge in [-0.2, -0.15) is 0 Å². The summed E-state index contributed by atoms with van der Waals surface area (Å²) < 4.78 is 23.7. The molecule has 1 saturated carbocycles. The molecule has 2 rings (SSSR count). The van der Waals surface area contributed by atoms with Crippen molar-refractivity contribution in [2.75, 3.05) is 0 Å². The summed E-state index contributed by atoms with van der Waals surface area (Å²) in [6, 6.07) is 3.48. The molecule has 0 bridgehead atoms. The van der Waals surface area contributed by atoms with Crippen LogP contribution >= 0.6 is 0 Å². The molecule has 0 aromatic carbocycles. The molecular formula is C11H15NO2S. The minimum atomic E-state index is -3.07. The van der Waals surface area contributed by atoms with E-state index in [4.69, 9.17) is 0 Å². The lowest BCUT2D eigenvalue weighted by molar-refractivity contribution is 0.594. The summed E-state index contributed by atoms with van der Waals surface area (Å²) >= 11 is 0. The molecule has 0 unspecified atom stereocenters. The number of aromatic nitrogens is 1. The van der Waals surface area contributed by atoms with Gasteiger partial charge in [0.05, 0.1) is 10.1 Å². The molecule has 0 atom stereocenters. The standard InChI is InChI=1S/C11H15NO2S/c1-8(2)11-6-5-10(7-12-11)15(13,14)9-3-4-9/h5-9H,3-4H2,1-2H3. The first kappa shape index (κ1) is 10.6. The molecule has 82 valence electrons. The Morgan fingerprint density at radius 3 is 2.40 bits per heavy atom. The Morgan fingerprint density at radius 2 is 2.00 bits per heavy atom. The Kier molecular flexibility index (Phi) is 2.54. The Balaban J connectivity index is 2.31. The van der Waals surface area contributed by atoms with E-state index in [9.17, 15) is 8.42 Å². The van der Waals surface area contributed by atoms with Crippen LogP contribution in [0.25, 0.3) is 0 Å². The van der Waals surface area contributed by atoms with Gasteiger partial charge in [-0.15, -0.1) is 0 Å². The van der Waals surface area contributed by atoms with Crippen molar-refractivity contribution in [3.05, 3.63) is 24.0 Å². The maximum absolute atomic E-state index is 11.8. The lowest BCUT2D eigenvalue weighted by Gasteiger charge is -2.06. The van der Waals surface area contributed by atoms with Crippen molar-refractivity contribution in [3.63, 3.8) is 0 Å². The minimum Gasteiger partial charge on any atom is -0.260 e.